The van der Waals surface area contributed by atoms with Crippen LogP contribution >= 0.6 is 0 Å². The summed E-state index contributed by atoms with van der Waals surface area (Å²) in [7, 11) is 1.26. The van der Waals surface area contributed by atoms with Gasteiger partial charge in [-0.15, -0.1) is 0 Å². The lowest BCUT2D eigenvalue weighted by Crippen LogP contribution is -2.12. The second kappa shape index (κ2) is 4.06. The number of methoxy groups -OCH3 is 1. The number of carbonyl (C=O) groups excluding carboxylic acids is 2. The van der Waals surface area contributed by atoms with Crippen molar-refractivity contribution in [1.82, 2.24) is 0 Å². The summed E-state index contributed by atoms with van der Waals surface area (Å²) in [4.78, 5) is 22.3. The van der Waals surface area contributed by atoms with E-state index in [1.807, 2.05) is 0 Å². The summed E-state index contributed by atoms with van der Waals surface area (Å²) in [5, 5.41) is 0. The van der Waals surface area contributed by atoms with Crippen molar-refractivity contribution >= 4 is 11.8 Å². The molecule has 5 heteroatoms. The molecule has 1 aromatic heterocycles. The zero-order valence-corrected chi connectivity index (χ0v) is 7.99. The molecule has 0 bridgehead atoms. The molecular formula is C9H11NO4. The standard InChI is InChI=1S/C9H11NO4/c1-5-6(9(12)13-2)3-8(14-5)7(11)4-10/h3H,4,10H2,1-2H3. The first-order valence-corrected chi connectivity index (χ1v) is 4.02. The Hall–Kier alpha value is -1.62. The molecule has 1 heterocycles. The lowest BCUT2D eigenvalue weighted by Gasteiger charge is -1.93. The highest BCUT2D eigenvalue weighted by Gasteiger charge is 2.18. The summed E-state index contributed by atoms with van der Waals surface area (Å²) in [5.74, 6) is -0.426. The third kappa shape index (κ3) is 1.82. The third-order valence-corrected chi connectivity index (χ3v) is 1.78. The van der Waals surface area contributed by atoms with Gasteiger partial charge in [0.05, 0.1) is 13.7 Å². The quantitative estimate of drug-likeness (QED) is 0.564. The van der Waals surface area contributed by atoms with Gasteiger partial charge in [-0.25, -0.2) is 4.79 Å². The van der Waals surface area contributed by atoms with Gasteiger partial charge in [-0.05, 0) is 6.92 Å². The first-order chi connectivity index (χ1) is 6.60. The van der Waals surface area contributed by atoms with Gasteiger partial charge >= 0.3 is 5.97 Å². The molecule has 0 aliphatic carbocycles. The second-order valence-electron chi connectivity index (χ2n) is 2.70. The van der Waals surface area contributed by atoms with E-state index in [1.54, 1.807) is 6.92 Å². The Kier molecular flexibility index (Phi) is 3.03. The number of ketones is 1. The molecule has 0 aliphatic heterocycles. The molecule has 0 unspecified atom stereocenters. The first-order valence-electron chi connectivity index (χ1n) is 4.02. The molecule has 5 nitrogen and oxygen atoms in total. The molecule has 1 aromatic rings. The summed E-state index contributed by atoms with van der Waals surface area (Å²) in [6.45, 7) is 1.44. The van der Waals surface area contributed by atoms with Gasteiger partial charge in [-0.1, -0.05) is 0 Å². The SMILES string of the molecule is COC(=O)c1cc(C(=O)CN)oc1C. The lowest BCUT2D eigenvalue weighted by molar-refractivity contribution is 0.0598. The van der Waals surface area contributed by atoms with Crippen molar-refractivity contribution in [2.45, 2.75) is 6.92 Å². The van der Waals surface area contributed by atoms with Crippen LogP contribution in [0.5, 0.6) is 0 Å². The molecule has 0 amide bonds. The first kappa shape index (κ1) is 10.5. The zero-order valence-electron chi connectivity index (χ0n) is 7.99. The van der Waals surface area contributed by atoms with Gasteiger partial charge in [0.1, 0.15) is 11.3 Å². The molecular weight excluding hydrogens is 186 g/mol. The molecule has 14 heavy (non-hydrogen) atoms. The minimum absolute atomic E-state index is 0.0883. The van der Waals surface area contributed by atoms with E-state index in [2.05, 4.69) is 4.74 Å². The van der Waals surface area contributed by atoms with Crippen LogP contribution < -0.4 is 5.73 Å². The predicted octanol–water partition coefficient (Wildman–Crippen LogP) is 0.516. The number of esters is 1. The normalized spacial score (nSPS) is 9.93. The average Bonchev–Trinajstić information content (AvgIpc) is 2.58. The van der Waals surface area contributed by atoms with E-state index in [9.17, 15) is 9.59 Å². The van der Waals surface area contributed by atoms with Gasteiger partial charge in [0.25, 0.3) is 0 Å². The van der Waals surface area contributed by atoms with E-state index < -0.39 is 5.97 Å². The van der Waals surface area contributed by atoms with Crippen molar-refractivity contribution in [2.24, 2.45) is 5.73 Å². The monoisotopic (exact) mass is 197 g/mol. The van der Waals surface area contributed by atoms with Crippen molar-refractivity contribution in [3.63, 3.8) is 0 Å². The largest absolute Gasteiger partial charge is 0.465 e. The fraction of sp³-hybridized carbons (Fsp3) is 0.333. The molecule has 0 aromatic carbocycles. The Morgan fingerprint density at radius 2 is 2.21 bits per heavy atom. The van der Waals surface area contributed by atoms with Gasteiger partial charge in [-0.3, -0.25) is 4.79 Å². The Bertz CT molecular complexity index is 367. The van der Waals surface area contributed by atoms with E-state index in [0.29, 0.717) is 5.76 Å². The highest BCUT2D eigenvalue weighted by atomic mass is 16.5. The van der Waals surface area contributed by atoms with E-state index >= 15 is 0 Å². The van der Waals surface area contributed by atoms with Crippen LogP contribution in [-0.2, 0) is 4.74 Å². The van der Waals surface area contributed by atoms with Crippen molar-refractivity contribution in [1.29, 1.82) is 0 Å². The summed E-state index contributed by atoms with van der Waals surface area (Å²) in [6, 6.07) is 1.34. The van der Waals surface area contributed by atoms with Crippen LogP contribution in [0, 0.1) is 6.92 Å². The molecule has 0 fully saturated rings. The maximum atomic E-state index is 11.1. The van der Waals surface area contributed by atoms with Crippen molar-refractivity contribution < 1.29 is 18.7 Å². The Labute approximate surface area is 80.8 Å². The number of nitrogens with two attached hydrogens (primary N) is 1. The summed E-state index contributed by atoms with van der Waals surface area (Å²) >= 11 is 0. The number of furan rings is 1. The topological polar surface area (TPSA) is 82.5 Å². The average molecular weight is 197 g/mol. The number of ether oxygens (including phenoxy) is 1. The van der Waals surface area contributed by atoms with Crippen molar-refractivity contribution in [2.75, 3.05) is 13.7 Å². The van der Waals surface area contributed by atoms with Crippen LogP contribution in [0.25, 0.3) is 0 Å². The highest BCUT2D eigenvalue weighted by Crippen LogP contribution is 2.15. The number of hydrogen-bond donors (Lipinski definition) is 1. The predicted molar refractivity (Wildman–Crippen MR) is 48.2 cm³/mol. The number of hydrogen-bond acceptors (Lipinski definition) is 5. The zero-order chi connectivity index (χ0) is 10.7. The summed E-state index contributed by atoms with van der Waals surface area (Å²) in [5.41, 5.74) is 5.40. The van der Waals surface area contributed by atoms with Gasteiger partial charge in [-0.2, -0.15) is 0 Å². The van der Waals surface area contributed by atoms with Gasteiger partial charge < -0.3 is 14.9 Å². The molecule has 0 saturated heterocycles. The number of aryl methyl sites for hydroxylation is 1. The lowest BCUT2D eigenvalue weighted by atomic mass is 10.2. The molecule has 0 aliphatic rings. The van der Waals surface area contributed by atoms with E-state index in [-0.39, 0.29) is 23.7 Å². The Morgan fingerprint density at radius 1 is 1.57 bits per heavy atom. The highest BCUT2D eigenvalue weighted by molar-refractivity contribution is 5.98. The van der Waals surface area contributed by atoms with Crippen LogP contribution in [0.2, 0.25) is 0 Å². The maximum absolute atomic E-state index is 11.1. The maximum Gasteiger partial charge on any atom is 0.341 e. The Balaban J connectivity index is 3.05. The smallest absolute Gasteiger partial charge is 0.341 e. The van der Waals surface area contributed by atoms with Crippen LogP contribution in [-0.4, -0.2) is 25.4 Å². The fourth-order valence-corrected chi connectivity index (χ4v) is 1.03. The molecule has 0 spiro atoms. The fourth-order valence-electron chi connectivity index (χ4n) is 1.03. The van der Waals surface area contributed by atoms with E-state index in [4.69, 9.17) is 10.2 Å². The number of Topliss-reactive ketones (excluding diaryl/α,β-unsaturated/α-hetero) is 1. The van der Waals surface area contributed by atoms with Crippen LogP contribution in [0.1, 0.15) is 26.7 Å². The molecule has 0 atom stereocenters. The summed E-state index contributed by atoms with van der Waals surface area (Å²) in [6.07, 6.45) is 0. The minimum atomic E-state index is -0.526. The van der Waals surface area contributed by atoms with Crippen molar-refractivity contribution in [3.05, 3.63) is 23.2 Å². The van der Waals surface area contributed by atoms with Gasteiger partial charge in [0, 0.05) is 6.07 Å². The van der Waals surface area contributed by atoms with Gasteiger partial charge in [0.2, 0.25) is 5.78 Å². The Morgan fingerprint density at radius 3 is 2.71 bits per heavy atom. The van der Waals surface area contributed by atoms with E-state index in [0.717, 1.165) is 0 Å². The van der Waals surface area contributed by atoms with Crippen molar-refractivity contribution in [3.8, 4) is 0 Å². The second-order valence-corrected chi connectivity index (χ2v) is 2.70. The van der Waals surface area contributed by atoms with Gasteiger partial charge in [0.15, 0.2) is 5.76 Å². The molecule has 0 saturated carbocycles. The van der Waals surface area contributed by atoms with Crippen LogP contribution in [0.15, 0.2) is 10.5 Å². The molecule has 1 rings (SSSR count). The minimum Gasteiger partial charge on any atom is -0.465 e. The molecule has 76 valence electrons. The van der Waals surface area contributed by atoms with E-state index in [1.165, 1.54) is 13.2 Å². The third-order valence-electron chi connectivity index (χ3n) is 1.78. The number of carbonyl (C=O) groups is 2. The number of rotatable bonds is 3. The van der Waals surface area contributed by atoms with Crippen LogP contribution in [0.4, 0.5) is 0 Å². The molecule has 0 radical (unpaired) electrons. The van der Waals surface area contributed by atoms with Crippen LogP contribution in [0.3, 0.4) is 0 Å². The molecule has 2 N–H and O–H groups in total. The summed E-state index contributed by atoms with van der Waals surface area (Å²) < 4.78 is 9.56.